The van der Waals surface area contributed by atoms with E-state index in [4.69, 9.17) is 9.16 Å². The third-order valence-electron chi connectivity index (χ3n) is 4.56. The molecule has 110 valence electrons. The highest BCUT2D eigenvalue weighted by atomic mass is 28.4. The summed E-state index contributed by atoms with van der Waals surface area (Å²) in [5.74, 6) is 2.03. The minimum absolute atomic E-state index is 0.218. The molecule has 0 aliphatic heterocycles. The van der Waals surface area contributed by atoms with Gasteiger partial charge in [-0.05, 0) is 60.8 Å². The summed E-state index contributed by atoms with van der Waals surface area (Å²) in [6.07, 6.45) is 0.969. The average molecular weight is 290 g/mol. The molecule has 0 spiro atoms. The molecule has 1 aromatic carbocycles. The first-order valence-electron chi connectivity index (χ1n) is 7.22. The highest BCUT2D eigenvalue weighted by Crippen LogP contribution is 2.43. The molecule has 1 aliphatic carbocycles. The van der Waals surface area contributed by atoms with Crippen LogP contribution in [0.2, 0.25) is 18.1 Å². The average Bonchev–Trinajstić information content (AvgIpc) is 2.63. The first-order valence-corrected chi connectivity index (χ1v) is 10.1. The second-order valence-electron chi connectivity index (χ2n) is 7.17. The summed E-state index contributed by atoms with van der Waals surface area (Å²) in [5.41, 5.74) is 3.89. The normalized spacial score (nSPS) is 15.3. The first kappa shape index (κ1) is 15.2. The Labute approximate surface area is 123 Å². The molecule has 0 bridgehead atoms. The van der Waals surface area contributed by atoms with Gasteiger partial charge >= 0.3 is 0 Å². The molecule has 1 aliphatic rings. The van der Waals surface area contributed by atoms with Crippen molar-refractivity contribution in [3.8, 4) is 5.75 Å². The van der Waals surface area contributed by atoms with Gasteiger partial charge in [-0.1, -0.05) is 20.8 Å². The summed E-state index contributed by atoms with van der Waals surface area (Å²) < 4.78 is 11.9. The van der Waals surface area contributed by atoms with E-state index in [-0.39, 0.29) is 5.04 Å². The molecule has 0 radical (unpaired) electrons. The van der Waals surface area contributed by atoms with Crippen LogP contribution in [0.1, 0.15) is 38.8 Å². The SMILES string of the molecule is COc1ccc2c(c1)CC(C)=C2O[Si](C)(C)C(C)(C)C. The maximum atomic E-state index is 6.55. The van der Waals surface area contributed by atoms with Gasteiger partial charge in [0.25, 0.3) is 8.32 Å². The third-order valence-corrected chi connectivity index (χ3v) is 8.89. The number of hydrogen-bond donors (Lipinski definition) is 0. The van der Waals surface area contributed by atoms with Crippen molar-refractivity contribution in [1.82, 2.24) is 0 Å². The van der Waals surface area contributed by atoms with Crippen LogP contribution < -0.4 is 4.74 Å². The Morgan fingerprint density at radius 1 is 1.15 bits per heavy atom. The minimum Gasteiger partial charge on any atom is -0.543 e. The van der Waals surface area contributed by atoms with Gasteiger partial charge in [-0.15, -0.1) is 0 Å². The number of hydrogen-bond acceptors (Lipinski definition) is 2. The molecule has 2 rings (SSSR count). The van der Waals surface area contributed by atoms with Crippen LogP contribution in [0, 0.1) is 0 Å². The Kier molecular flexibility index (Phi) is 3.76. The van der Waals surface area contributed by atoms with E-state index in [2.05, 4.69) is 52.9 Å². The number of ether oxygens (including phenoxy) is 1. The fraction of sp³-hybridized carbons (Fsp3) is 0.529. The minimum atomic E-state index is -1.79. The molecule has 0 aromatic heterocycles. The summed E-state index contributed by atoms with van der Waals surface area (Å²) >= 11 is 0. The van der Waals surface area contributed by atoms with Crippen LogP contribution in [0.15, 0.2) is 23.8 Å². The smallest absolute Gasteiger partial charge is 0.250 e. The predicted molar refractivity (Wildman–Crippen MR) is 87.6 cm³/mol. The Balaban J connectivity index is 2.34. The molecule has 2 nitrogen and oxygen atoms in total. The summed E-state index contributed by atoms with van der Waals surface area (Å²) in [6.45, 7) is 13.6. The Hall–Kier alpha value is -1.22. The topological polar surface area (TPSA) is 18.5 Å². The molecular weight excluding hydrogens is 264 g/mol. The van der Waals surface area contributed by atoms with Crippen molar-refractivity contribution in [1.29, 1.82) is 0 Å². The molecule has 0 saturated carbocycles. The first-order chi connectivity index (χ1) is 9.15. The van der Waals surface area contributed by atoms with Crippen LogP contribution in [0.4, 0.5) is 0 Å². The van der Waals surface area contributed by atoms with Crippen molar-refractivity contribution in [2.45, 2.75) is 52.2 Å². The standard InChI is InChI=1S/C17H26O2Si/c1-12-10-13-11-14(18-5)8-9-15(13)16(12)19-20(6,7)17(2,3)4/h8-9,11H,10H2,1-7H3. The van der Waals surface area contributed by atoms with E-state index in [0.29, 0.717) is 0 Å². The predicted octanol–water partition coefficient (Wildman–Crippen LogP) is 5.00. The lowest BCUT2D eigenvalue weighted by Crippen LogP contribution is -2.40. The second kappa shape index (κ2) is 4.96. The van der Waals surface area contributed by atoms with Gasteiger partial charge in [0.05, 0.1) is 7.11 Å². The van der Waals surface area contributed by atoms with E-state index in [1.807, 2.05) is 6.07 Å². The zero-order chi connectivity index (χ0) is 15.1. The van der Waals surface area contributed by atoms with Crippen molar-refractivity contribution >= 4 is 14.1 Å². The number of benzene rings is 1. The summed E-state index contributed by atoms with van der Waals surface area (Å²) in [7, 11) is -0.0789. The molecular formula is C17H26O2Si. The van der Waals surface area contributed by atoms with E-state index >= 15 is 0 Å². The Morgan fingerprint density at radius 3 is 2.35 bits per heavy atom. The van der Waals surface area contributed by atoms with Crippen molar-refractivity contribution in [3.63, 3.8) is 0 Å². The van der Waals surface area contributed by atoms with E-state index in [1.165, 1.54) is 16.7 Å². The number of methoxy groups -OCH3 is 1. The zero-order valence-electron chi connectivity index (χ0n) is 13.8. The van der Waals surface area contributed by atoms with Gasteiger partial charge in [-0.3, -0.25) is 0 Å². The van der Waals surface area contributed by atoms with E-state index in [1.54, 1.807) is 7.11 Å². The van der Waals surface area contributed by atoms with Crippen LogP contribution in [-0.2, 0) is 10.8 Å². The third kappa shape index (κ3) is 2.64. The molecule has 0 heterocycles. The quantitative estimate of drug-likeness (QED) is 0.729. The van der Waals surface area contributed by atoms with Crippen molar-refractivity contribution in [3.05, 3.63) is 34.9 Å². The maximum Gasteiger partial charge on any atom is 0.250 e. The van der Waals surface area contributed by atoms with Gasteiger partial charge in [0.2, 0.25) is 0 Å². The van der Waals surface area contributed by atoms with Gasteiger partial charge in [-0.2, -0.15) is 0 Å². The molecule has 0 unspecified atom stereocenters. The summed E-state index contributed by atoms with van der Waals surface area (Å²) in [6, 6.07) is 6.28. The van der Waals surface area contributed by atoms with Gasteiger partial charge in [0.1, 0.15) is 11.5 Å². The van der Waals surface area contributed by atoms with Crippen LogP contribution in [-0.4, -0.2) is 15.4 Å². The van der Waals surface area contributed by atoms with Crippen LogP contribution in [0.3, 0.4) is 0 Å². The monoisotopic (exact) mass is 290 g/mol. The molecule has 0 saturated heterocycles. The van der Waals surface area contributed by atoms with Crippen LogP contribution >= 0.6 is 0 Å². The van der Waals surface area contributed by atoms with E-state index < -0.39 is 8.32 Å². The van der Waals surface area contributed by atoms with Gasteiger partial charge in [-0.25, -0.2) is 0 Å². The fourth-order valence-electron chi connectivity index (χ4n) is 2.21. The lowest BCUT2D eigenvalue weighted by atomic mass is 10.1. The van der Waals surface area contributed by atoms with Gasteiger partial charge in [0.15, 0.2) is 0 Å². The molecule has 0 N–H and O–H groups in total. The highest BCUT2D eigenvalue weighted by molar-refractivity contribution is 6.74. The molecule has 1 aromatic rings. The molecule has 20 heavy (non-hydrogen) atoms. The lowest BCUT2D eigenvalue weighted by Gasteiger charge is -2.37. The Morgan fingerprint density at radius 2 is 1.80 bits per heavy atom. The van der Waals surface area contributed by atoms with Crippen molar-refractivity contribution in [2.24, 2.45) is 0 Å². The van der Waals surface area contributed by atoms with Crippen molar-refractivity contribution in [2.75, 3.05) is 7.11 Å². The molecule has 0 atom stereocenters. The lowest BCUT2D eigenvalue weighted by molar-refractivity contribution is 0.414. The molecule has 3 heteroatoms. The number of fused-ring (bicyclic) bond motifs is 1. The Bertz CT molecular complexity index is 551. The number of rotatable bonds is 3. The largest absolute Gasteiger partial charge is 0.543 e. The summed E-state index contributed by atoms with van der Waals surface area (Å²) in [4.78, 5) is 0. The van der Waals surface area contributed by atoms with E-state index in [9.17, 15) is 0 Å². The summed E-state index contributed by atoms with van der Waals surface area (Å²) in [5, 5.41) is 0.218. The second-order valence-corrected chi connectivity index (χ2v) is 11.9. The van der Waals surface area contributed by atoms with Gasteiger partial charge in [0, 0.05) is 5.56 Å². The van der Waals surface area contributed by atoms with Crippen LogP contribution in [0.25, 0.3) is 5.76 Å². The van der Waals surface area contributed by atoms with Crippen LogP contribution in [0.5, 0.6) is 5.75 Å². The highest BCUT2D eigenvalue weighted by Gasteiger charge is 2.40. The maximum absolute atomic E-state index is 6.55. The van der Waals surface area contributed by atoms with Gasteiger partial charge < -0.3 is 9.16 Å². The molecule has 0 amide bonds. The van der Waals surface area contributed by atoms with E-state index in [0.717, 1.165) is 17.9 Å². The zero-order valence-corrected chi connectivity index (χ0v) is 14.8. The van der Waals surface area contributed by atoms with Crippen molar-refractivity contribution < 1.29 is 9.16 Å². The fourth-order valence-corrected chi connectivity index (χ4v) is 3.31. The number of allylic oxidation sites excluding steroid dienone is 1. The molecule has 0 fully saturated rings.